The maximum Gasteiger partial charge on any atom is 0.119 e. The third-order valence-electron chi connectivity index (χ3n) is 3.48. The van der Waals surface area contributed by atoms with E-state index in [2.05, 4.69) is 38.2 Å². The zero-order chi connectivity index (χ0) is 15.2. The largest absolute Gasteiger partial charge is 0.491 e. The first-order chi connectivity index (χ1) is 9.34. The zero-order valence-electron chi connectivity index (χ0n) is 13.7. The Morgan fingerprint density at radius 1 is 1.10 bits per heavy atom. The Morgan fingerprint density at radius 3 is 2.20 bits per heavy atom. The monoisotopic (exact) mass is 279 g/mol. The second-order valence-corrected chi connectivity index (χ2v) is 6.13. The molecule has 0 aliphatic heterocycles. The molecular formula is C17H29NO2. The van der Waals surface area contributed by atoms with Crippen LogP contribution in [0.5, 0.6) is 5.75 Å². The van der Waals surface area contributed by atoms with Crippen LogP contribution in [0, 0.1) is 0 Å². The fourth-order valence-corrected chi connectivity index (χ4v) is 1.92. The molecule has 0 bridgehead atoms. The lowest BCUT2D eigenvalue weighted by molar-refractivity contribution is 0.0154. The van der Waals surface area contributed by atoms with Gasteiger partial charge in [0.05, 0.1) is 11.7 Å². The molecule has 1 aromatic rings. The minimum absolute atomic E-state index is 0.0678. The normalized spacial score (nSPS) is 13.6. The van der Waals surface area contributed by atoms with Crippen LogP contribution < -0.4 is 10.1 Å². The van der Waals surface area contributed by atoms with Crippen LogP contribution >= 0.6 is 0 Å². The number of hydrogen-bond donors (Lipinski definition) is 1. The summed E-state index contributed by atoms with van der Waals surface area (Å²) in [6.07, 6.45) is 1.20. The molecule has 1 aromatic carbocycles. The SMILES string of the molecule is COC(C)(C)CCNC(C)c1ccc(OC(C)C)cc1. The molecule has 1 unspecified atom stereocenters. The number of nitrogens with one attached hydrogen (secondary N) is 1. The lowest BCUT2D eigenvalue weighted by atomic mass is 10.0. The summed E-state index contributed by atoms with van der Waals surface area (Å²) in [5.74, 6) is 0.927. The minimum Gasteiger partial charge on any atom is -0.491 e. The molecule has 1 atom stereocenters. The Balaban J connectivity index is 2.45. The average Bonchev–Trinajstić information content (AvgIpc) is 2.38. The third-order valence-corrected chi connectivity index (χ3v) is 3.48. The van der Waals surface area contributed by atoms with E-state index in [-0.39, 0.29) is 11.7 Å². The number of rotatable bonds is 8. The second-order valence-electron chi connectivity index (χ2n) is 6.13. The van der Waals surface area contributed by atoms with Gasteiger partial charge in [0.1, 0.15) is 5.75 Å². The van der Waals surface area contributed by atoms with Crippen LogP contribution in [0.25, 0.3) is 0 Å². The van der Waals surface area contributed by atoms with E-state index in [1.54, 1.807) is 7.11 Å². The Hall–Kier alpha value is -1.06. The van der Waals surface area contributed by atoms with Gasteiger partial charge in [-0.05, 0) is 65.3 Å². The van der Waals surface area contributed by atoms with Crippen molar-refractivity contribution in [2.24, 2.45) is 0 Å². The average molecular weight is 279 g/mol. The molecule has 1 rings (SSSR count). The lowest BCUT2D eigenvalue weighted by Gasteiger charge is -2.24. The standard InChI is InChI=1S/C17H29NO2/c1-13(2)20-16-9-7-15(8-10-16)14(3)18-12-11-17(4,5)19-6/h7-10,13-14,18H,11-12H2,1-6H3. The number of hydrogen-bond acceptors (Lipinski definition) is 3. The van der Waals surface area contributed by atoms with Crippen LogP contribution in [0.15, 0.2) is 24.3 Å². The third kappa shape index (κ3) is 5.93. The van der Waals surface area contributed by atoms with E-state index in [9.17, 15) is 0 Å². The molecule has 0 amide bonds. The van der Waals surface area contributed by atoms with Crippen LogP contribution in [0.4, 0.5) is 0 Å². The van der Waals surface area contributed by atoms with Gasteiger partial charge >= 0.3 is 0 Å². The van der Waals surface area contributed by atoms with Gasteiger partial charge in [-0.15, -0.1) is 0 Å². The summed E-state index contributed by atoms with van der Waals surface area (Å²) >= 11 is 0. The zero-order valence-corrected chi connectivity index (χ0v) is 13.7. The van der Waals surface area contributed by atoms with Crippen molar-refractivity contribution >= 4 is 0 Å². The highest BCUT2D eigenvalue weighted by atomic mass is 16.5. The summed E-state index contributed by atoms with van der Waals surface area (Å²) in [6.45, 7) is 11.4. The lowest BCUT2D eigenvalue weighted by Crippen LogP contribution is -2.30. The molecule has 0 saturated carbocycles. The maximum absolute atomic E-state index is 5.65. The predicted octanol–water partition coefficient (Wildman–Crippen LogP) is 3.94. The summed E-state index contributed by atoms with van der Waals surface area (Å²) in [4.78, 5) is 0. The van der Waals surface area contributed by atoms with Gasteiger partial charge in [0.15, 0.2) is 0 Å². The van der Waals surface area contributed by atoms with Gasteiger partial charge in [0.25, 0.3) is 0 Å². The molecule has 1 N–H and O–H groups in total. The highest BCUT2D eigenvalue weighted by Crippen LogP contribution is 2.19. The second kappa shape index (κ2) is 7.65. The van der Waals surface area contributed by atoms with Crippen LogP contribution in [-0.2, 0) is 4.74 Å². The van der Waals surface area contributed by atoms with Crippen LogP contribution in [0.3, 0.4) is 0 Å². The summed E-state index contributed by atoms with van der Waals surface area (Å²) in [5.41, 5.74) is 1.21. The van der Waals surface area contributed by atoms with Gasteiger partial charge in [-0.3, -0.25) is 0 Å². The predicted molar refractivity (Wildman–Crippen MR) is 84.3 cm³/mol. The molecule has 0 aliphatic carbocycles. The number of methoxy groups -OCH3 is 1. The van der Waals surface area contributed by atoms with Gasteiger partial charge in [-0.25, -0.2) is 0 Å². The quantitative estimate of drug-likeness (QED) is 0.782. The minimum atomic E-state index is -0.0678. The number of ether oxygens (including phenoxy) is 2. The molecule has 0 saturated heterocycles. The van der Waals surface area contributed by atoms with Gasteiger partial charge < -0.3 is 14.8 Å². The number of benzene rings is 1. The van der Waals surface area contributed by atoms with E-state index in [0.717, 1.165) is 18.7 Å². The highest BCUT2D eigenvalue weighted by molar-refractivity contribution is 5.29. The van der Waals surface area contributed by atoms with Crippen molar-refractivity contribution in [1.29, 1.82) is 0 Å². The fourth-order valence-electron chi connectivity index (χ4n) is 1.92. The van der Waals surface area contributed by atoms with Crippen molar-refractivity contribution in [1.82, 2.24) is 5.32 Å². The molecule has 0 aromatic heterocycles. The van der Waals surface area contributed by atoms with E-state index in [4.69, 9.17) is 9.47 Å². The molecule has 0 radical (unpaired) electrons. The summed E-state index contributed by atoms with van der Waals surface area (Å²) in [6, 6.07) is 8.64. The molecule has 0 fully saturated rings. The molecule has 3 heteroatoms. The Bertz CT molecular complexity index is 384. The maximum atomic E-state index is 5.65. The molecule has 114 valence electrons. The van der Waals surface area contributed by atoms with Gasteiger partial charge in [0, 0.05) is 13.2 Å². The van der Waals surface area contributed by atoms with Crippen molar-refractivity contribution in [3.63, 3.8) is 0 Å². The van der Waals surface area contributed by atoms with Crippen molar-refractivity contribution in [2.45, 2.75) is 58.8 Å². The van der Waals surface area contributed by atoms with Gasteiger partial charge in [-0.1, -0.05) is 12.1 Å². The molecule has 20 heavy (non-hydrogen) atoms. The topological polar surface area (TPSA) is 30.5 Å². The van der Waals surface area contributed by atoms with E-state index in [0.29, 0.717) is 6.04 Å². The molecule has 0 spiro atoms. The first-order valence-electron chi connectivity index (χ1n) is 7.39. The first kappa shape index (κ1) is 17.0. The van der Waals surface area contributed by atoms with Crippen molar-refractivity contribution in [3.8, 4) is 5.75 Å². The molecule has 0 aliphatic rings. The van der Waals surface area contributed by atoms with Crippen molar-refractivity contribution in [3.05, 3.63) is 29.8 Å². The smallest absolute Gasteiger partial charge is 0.119 e. The Kier molecular flexibility index (Phi) is 6.50. The fraction of sp³-hybridized carbons (Fsp3) is 0.647. The van der Waals surface area contributed by atoms with Crippen molar-refractivity contribution < 1.29 is 9.47 Å². The first-order valence-corrected chi connectivity index (χ1v) is 7.39. The van der Waals surface area contributed by atoms with Gasteiger partial charge in [-0.2, -0.15) is 0 Å². The summed E-state index contributed by atoms with van der Waals surface area (Å²) in [5, 5.41) is 3.53. The van der Waals surface area contributed by atoms with E-state index < -0.39 is 0 Å². The molecule has 0 heterocycles. The Labute approximate surface area is 123 Å². The van der Waals surface area contributed by atoms with Crippen molar-refractivity contribution in [2.75, 3.05) is 13.7 Å². The molecular weight excluding hydrogens is 250 g/mol. The van der Waals surface area contributed by atoms with E-state index in [1.807, 2.05) is 26.0 Å². The summed E-state index contributed by atoms with van der Waals surface area (Å²) in [7, 11) is 1.76. The van der Waals surface area contributed by atoms with Crippen LogP contribution in [-0.4, -0.2) is 25.4 Å². The Morgan fingerprint density at radius 2 is 1.70 bits per heavy atom. The summed E-state index contributed by atoms with van der Waals surface area (Å²) < 4.78 is 11.1. The van der Waals surface area contributed by atoms with Crippen LogP contribution in [0.2, 0.25) is 0 Å². The van der Waals surface area contributed by atoms with E-state index >= 15 is 0 Å². The van der Waals surface area contributed by atoms with Gasteiger partial charge in [0.2, 0.25) is 0 Å². The van der Waals surface area contributed by atoms with E-state index in [1.165, 1.54) is 5.56 Å². The molecule has 3 nitrogen and oxygen atoms in total. The highest BCUT2D eigenvalue weighted by Gasteiger charge is 2.16. The van der Waals surface area contributed by atoms with Crippen LogP contribution in [0.1, 0.15) is 52.6 Å².